The number of halogens is 1. The highest BCUT2D eigenvalue weighted by Gasteiger charge is 2.47. The molecule has 0 aliphatic rings. The second kappa shape index (κ2) is 27.8. The molecule has 0 unspecified atom stereocenters. The van der Waals surface area contributed by atoms with Crippen LogP contribution in [0.25, 0.3) is 0 Å². The van der Waals surface area contributed by atoms with Crippen molar-refractivity contribution >= 4 is 14.9 Å². The van der Waals surface area contributed by atoms with E-state index in [4.69, 9.17) is 0 Å². The van der Waals surface area contributed by atoms with Crippen LogP contribution in [0.3, 0.4) is 0 Å². The van der Waals surface area contributed by atoms with Crippen LogP contribution in [0, 0.1) is 0 Å². The Morgan fingerprint density at radius 1 is 0.475 bits per heavy atom. The van der Waals surface area contributed by atoms with Crippen LogP contribution in [0.1, 0.15) is 187 Å². The summed E-state index contributed by atoms with van der Waals surface area (Å²) in [5.41, 5.74) is 0. The predicted molar refractivity (Wildman–Crippen MR) is 180 cm³/mol. The molecule has 0 spiro atoms. The molecule has 0 saturated carbocycles. The van der Waals surface area contributed by atoms with Gasteiger partial charge in [-0.15, -0.1) is 0 Å². The van der Waals surface area contributed by atoms with E-state index in [0.717, 1.165) is 0 Å². The maximum atomic E-state index is 11.9. The predicted octanol–water partition coefficient (Wildman–Crippen LogP) is 9.39. The molecule has 0 bridgehead atoms. The molecular weight excluding hydrogens is 645 g/mol. The van der Waals surface area contributed by atoms with Gasteiger partial charge in [0.05, 0.1) is 11.3 Å². The van der Waals surface area contributed by atoms with Crippen molar-refractivity contribution in [3.63, 3.8) is 0 Å². The molecule has 3 nitrogen and oxygen atoms in total. The zero-order chi connectivity index (χ0) is 29.3. The second-order valence-electron chi connectivity index (χ2n) is 13.7. The Hall–Kier alpha value is 1.31. The molecule has 0 aromatic heterocycles. The fourth-order valence-corrected chi connectivity index (χ4v) is 9.66. The second-order valence-corrected chi connectivity index (χ2v) is 20.4. The number of hydrogen-bond acceptors (Lipinski definition) is 1. The Morgan fingerprint density at radius 2 is 0.725 bits per heavy atom. The molecule has 2 N–H and O–H groups in total. The molecule has 244 valence electrons. The van der Waals surface area contributed by atoms with Crippen LogP contribution < -0.4 is 24.0 Å². The monoisotopic (exact) mass is 718 g/mol. The molecule has 40 heavy (non-hydrogen) atoms. The molecule has 0 amide bonds. The van der Waals surface area contributed by atoms with Gasteiger partial charge in [-0.1, -0.05) is 155 Å². The highest BCUT2D eigenvalue weighted by Crippen LogP contribution is 2.66. The Labute approximate surface area is 270 Å². The highest BCUT2D eigenvalue weighted by atomic mass is 127. The molecule has 0 radical (unpaired) electrons. The molecule has 0 saturated heterocycles. The first kappa shape index (κ1) is 43.4. The molecule has 0 aliphatic heterocycles. The normalized spacial score (nSPS) is 12.6. The van der Waals surface area contributed by atoms with E-state index in [1.54, 1.807) is 0 Å². The van der Waals surface area contributed by atoms with E-state index in [2.05, 4.69) is 33.8 Å². The van der Waals surface area contributed by atoms with Crippen molar-refractivity contribution in [3.8, 4) is 0 Å². The van der Waals surface area contributed by atoms with Gasteiger partial charge in [0.2, 0.25) is 0 Å². The SMILES string of the molecule is CCCCCCCCCCCCCCC(CCCCCCCCCCCCCC)(CCP(=O)(O)O)[P+](C)(C)C.[I-]. The molecule has 0 aromatic carbocycles. The van der Waals surface area contributed by atoms with Crippen molar-refractivity contribution < 1.29 is 38.3 Å². The van der Waals surface area contributed by atoms with Crippen LogP contribution >= 0.6 is 14.9 Å². The van der Waals surface area contributed by atoms with Gasteiger partial charge < -0.3 is 33.8 Å². The fourth-order valence-electron chi connectivity index (χ4n) is 6.33. The highest BCUT2D eigenvalue weighted by molar-refractivity contribution is 7.75. The average Bonchev–Trinajstić information content (AvgIpc) is 2.86. The maximum Gasteiger partial charge on any atom is 0.325 e. The van der Waals surface area contributed by atoms with Crippen molar-refractivity contribution in [2.75, 3.05) is 26.2 Å². The summed E-state index contributed by atoms with van der Waals surface area (Å²) in [6.07, 6.45) is 35.8. The van der Waals surface area contributed by atoms with E-state index in [0.29, 0.717) is 6.42 Å². The summed E-state index contributed by atoms with van der Waals surface area (Å²) in [6, 6.07) is 0. The van der Waals surface area contributed by atoms with Gasteiger partial charge in [0.25, 0.3) is 0 Å². The summed E-state index contributed by atoms with van der Waals surface area (Å²) in [7, 11) is -5.20. The van der Waals surface area contributed by atoms with Crippen LogP contribution in [0.4, 0.5) is 0 Å². The molecule has 0 atom stereocenters. The van der Waals surface area contributed by atoms with Gasteiger partial charge in [-0.2, -0.15) is 0 Å². The lowest BCUT2D eigenvalue weighted by Gasteiger charge is -2.40. The summed E-state index contributed by atoms with van der Waals surface area (Å²) in [6.45, 7) is 11.8. The van der Waals surface area contributed by atoms with Gasteiger partial charge in [0, 0.05) is 27.3 Å². The molecule has 0 heterocycles. The Kier molecular flexibility index (Phi) is 30.2. The van der Waals surface area contributed by atoms with E-state index >= 15 is 0 Å². The number of hydrogen-bond donors (Lipinski definition) is 2. The van der Waals surface area contributed by atoms with Crippen molar-refractivity contribution in [2.24, 2.45) is 0 Å². The first-order valence-corrected chi connectivity index (χ1v) is 22.4. The average molecular weight is 719 g/mol. The molecule has 0 fully saturated rings. The first-order valence-electron chi connectivity index (χ1n) is 17.4. The summed E-state index contributed by atoms with van der Waals surface area (Å²) in [4.78, 5) is 19.4. The third kappa shape index (κ3) is 25.8. The minimum Gasteiger partial charge on any atom is -1.00 e. The maximum absolute atomic E-state index is 11.9. The van der Waals surface area contributed by atoms with Crippen molar-refractivity contribution in [3.05, 3.63) is 0 Å². The third-order valence-corrected chi connectivity index (χ3v) is 13.6. The van der Waals surface area contributed by atoms with E-state index < -0.39 is 14.9 Å². The molecule has 0 rings (SSSR count). The largest absolute Gasteiger partial charge is 1.00 e. The van der Waals surface area contributed by atoms with Gasteiger partial charge in [0.1, 0.15) is 0 Å². The molecule has 0 aliphatic carbocycles. The summed E-state index contributed by atoms with van der Waals surface area (Å²) in [5.74, 6) is 0. The summed E-state index contributed by atoms with van der Waals surface area (Å²) >= 11 is 0. The quantitative estimate of drug-likeness (QED) is 0.0442. The fraction of sp³-hybridized carbons (Fsp3) is 1.00. The van der Waals surface area contributed by atoms with Crippen LogP contribution in [-0.2, 0) is 4.57 Å². The van der Waals surface area contributed by atoms with Crippen LogP contribution in [0.15, 0.2) is 0 Å². The first-order chi connectivity index (χ1) is 18.6. The standard InChI is InChI=1S/C34H72O3P2.HI/c1-6-8-10-12-14-16-18-20-22-24-26-28-30-34(38(3,4)5,32-33-39(35,36)37)31-29-27-25-23-21-19-17-15-13-11-9-7-2;/h6-33H2,1-5H3,(H-,35,36,37);1H. The van der Waals surface area contributed by atoms with Gasteiger partial charge in [-0.05, 0) is 32.1 Å². The number of rotatable bonds is 30. The van der Waals surface area contributed by atoms with E-state index in [-0.39, 0.29) is 35.3 Å². The minimum atomic E-state index is -3.95. The van der Waals surface area contributed by atoms with Gasteiger partial charge in [0.15, 0.2) is 0 Å². The van der Waals surface area contributed by atoms with Gasteiger partial charge in [-0.3, -0.25) is 4.57 Å². The van der Waals surface area contributed by atoms with Crippen molar-refractivity contribution in [1.29, 1.82) is 0 Å². The van der Waals surface area contributed by atoms with Crippen molar-refractivity contribution in [2.45, 2.75) is 192 Å². The van der Waals surface area contributed by atoms with E-state index in [1.807, 2.05) is 0 Å². The number of unbranched alkanes of at least 4 members (excludes halogenated alkanes) is 22. The van der Waals surface area contributed by atoms with E-state index in [1.165, 1.54) is 167 Å². The Balaban J connectivity index is 0. The topological polar surface area (TPSA) is 57.5 Å². The third-order valence-electron chi connectivity index (χ3n) is 9.28. The van der Waals surface area contributed by atoms with Crippen LogP contribution in [0.2, 0.25) is 0 Å². The molecule has 0 aromatic rings. The summed E-state index contributed by atoms with van der Waals surface area (Å²) < 4.78 is 11.9. The van der Waals surface area contributed by atoms with Gasteiger partial charge in [-0.25, -0.2) is 0 Å². The smallest absolute Gasteiger partial charge is 0.325 e. The van der Waals surface area contributed by atoms with Crippen LogP contribution in [-0.4, -0.2) is 41.1 Å². The lowest BCUT2D eigenvalue weighted by molar-refractivity contribution is -0.0000141. The Morgan fingerprint density at radius 3 is 0.950 bits per heavy atom. The Bertz CT molecular complexity index is 546. The van der Waals surface area contributed by atoms with E-state index in [9.17, 15) is 14.4 Å². The lowest BCUT2D eigenvalue weighted by atomic mass is 9.90. The van der Waals surface area contributed by atoms with Crippen molar-refractivity contribution in [1.82, 2.24) is 0 Å². The van der Waals surface area contributed by atoms with Crippen LogP contribution in [0.5, 0.6) is 0 Å². The zero-order valence-electron chi connectivity index (χ0n) is 27.9. The summed E-state index contributed by atoms with van der Waals surface area (Å²) in [5, 5.41) is 0.144. The van der Waals surface area contributed by atoms with Gasteiger partial charge >= 0.3 is 7.60 Å². The lowest BCUT2D eigenvalue weighted by Crippen LogP contribution is -3.00. The minimum absolute atomic E-state index is 0. The zero-order valence-corrected chi connectivity index (χ0v) is 31.8. The molecule has 6 heteroatoms. The molecular formula is C34H73IO3P2.